The molecular formula is C27H20ClF. The van der Waals surface area contributed by atoms with Gasteiger partial charge in [0.1, 0.15) is 5.82 Å². The highest BCUT2D eigenvalue weighted by atomic mass is 35.5. The minimum atomic E-state index is -0.284. The average Bonchev–Trinajstić information content (AvgIpc) is 2.75. The number of halogens is 2. The number of fused-ring (bicyclic) bond motifs is 1. The Morgan fingerprint density at radius 2 is 1.52 bits per heavy atom. The van der Waals surface area contributed by atoms with E-state index in [1.807, 2.05) is 36.4 Å². The van der Waals surface area contributed by atoms with E-state index in [2.05, 4.69) is 43.0 Å². The molecule has 4 rings (SSSR count). The molecule has 0 aliphatic heterocycles. The van der Waals surface area contributed by atoms with Crippen LogP contribution in [0.1, 0.15) is 30.0 Å². The lowest BCUT2D eigenvalue weighted by molar-refractivity contribution is 0.636. The van der Waals surface area contributed by atoms with Gasteiger partial charge in [0, 0.05) is 16.0 Å². The quantitative estimate of drug-likeness (QED) is 0.311. The van der Waals surface area contributed by atoms with Crippen LogP contribution in [0.5, 0.6) is 0 Å². The third kappa shape index (κ3) is 4.34. The maximum Gasteiger partial charge on any atom is 0.146 e. The van der Waals surface area contributed by atoms with E-state index in [4.69, 9.17) is 11.6 Å². The summed E-state index contributed by atoms with van der Waals surface area (Å²) in [6, 6.07) is 25.3. The monoisotopic (exact) mass is 398 g/mol. The molecule has 0 saturated heterocycles. The molecule has 0 aromatic heterocycles. The molecule has 29 heavy (non-hydrogen) atoms. The lowest BCUT2D eigenvalue weighted by Crippen LogP contribution is -1.88. The van der Waals surface area contributed by atoms with Crippen molar-refractivity contribution in [1.29, 1.82) is 0 Å². The van der Waals surface area contributed by atoms with E-state index in [0.29, 0.717) is 16.0 Å². The summed E-state index contributed by atoms with van der Waals surface area (Å²) < 4.78 is 15.0. The predicted molar refractivity (Wildman–Crippen MR) is 121 cm³/mol. The van der Waals surface area contributed by atoms with Gasteiger partial charge in [0.2, 0.25) is 0 Å². The van der Waals surface area contributed by atoms with Crippen molar-refractivity contribution in [3.8, 4) is 23.0 Å². The van der Waals surface area contributed by atoms with Crippen molar-refractivity contribution < 1.29 is 4.39 Å². The molecule has 0 N–H and O–H groups in total. The number of aryl methyl sites for hydroxylation is 1. The Kier molecular flexibility index (Phi) is 5.65. The van der Waals surface area contributed by atoms with Crippen molar-refractivity contribution in [3.63, 3.8) is 0 Å². The topological polar surface area (TPSA) is 0 Å². The van der Waals surface area contributed by atoms with E-state index in [0.717, 1.165) is 34.9 Å². The van der Waals surface area contributed by atoms with Crippen molar-refractivity contribution >= 4 is 22.4 Å². The molecule has 0 aliphatic carbocycles. The molecule has 0 aliphatic rings. The number of hydrogen-bond donors (Lipinski definition) is 0. The van der Waals surface area contributed by atoms with Gasteiger partial charge < -0.3 is 0 Å². The zero-order valence-corrected chi connectivity index (χ0v) is 16.9. The highest BCUT2D eigenvalue weighted by Gasteiger charge is 2.07. The summed E-state index contributed by atoms with van der Waals surface area (Å²) in [6.07, 6.45) is 2.22. The summed E-state index contributed by atoms with van der Waals surface area (Å²) in [7, 11) is 0. The van der Waals surface area contributed by atoms with E-state index >= 15 is 0 Å². The number of rotatable bonds is 3. The second kappa shape index (κ2) is 8.52. The molecule has 0 nitrogen and oxygen atoms in total. The van der Waals surface area contributed by atoms with E-state index in [9.17, 15) is 4.39 Å². The summed E-state index contributed by atoms with van der Waals surface area (Å²) in [4.78, 5) is 0. The first-order valence-electron chi connectivity index (χ1n) is 9.73. The first-order valence-corrected chi connectivity index (χ1v) is 10.1. The minimum Gasteiger partial charge on any atom is -0.205 e. The van der Waals surface area contributed by atoms with Gasteiger partial charge in [-0.1, -0.05) is 79.3 Å². The van der Waals surface area contributed by atoms with Crippen LogP contribution in [0.25, 0.3) is 21.9 Å². The van der Waals surface area contributed by atoms with Gasteiger partial charge in [0.05, 0.1) is 5.56 Å². The van der Waals surface area contributed by atoms with Gasteiger partial charge in [0.15, 0.2) is 0 Å². The van der Waals surface area contributed by atoms with Crippen LogP contribution in [-0.2, 0) is 6.42 Å². The van der Waals surface area contributed by atoms with E-state index in [1.54, 1.807) is 18.2 Å². The molecule has 4 aromatic rings. The van der Waals surface area contributed by atoms with Crippen LogP contribution in [0.2, 0.25) is 5.02 Å². The summed E-state index contributed by atoms with van der Waals surface area (Å²) in [6.45, 7) is 2.18. The standard InChI is InChI=1S/C27H20ClF/c1-2-3-19-4-9-21(10-5-19)23-14-17-26-24(18-23)13-12-22(27(26)29)11-6-20-7-15-25(28)16-8-20/h4-5,7-10,12-18H,2-3H2,1H3. The van der Waals surface area contributed by atoms with E-state index in [-0.39, 0.29) is 5.82 Å². The molecule has 4 aromatic carbocycles. The lowest BCUT2D eigenvalue weighted by Gasteiger charge is -2.07. The van der Waals surface area contributed by atoms with Gasteiger partial charge in [-0.3, -0.25) is 0 Å². The van der Waals surface area contributed by atoms with Crippen LogP contribution in [0.3, 0.4) is 0 Å². The zero-order chi connectivity index (χ0) is 20.2. The van der Waals surface area contributed by atoms with Crippen molar-refractivity contribution in [2.24, 2.45) is 0 Å². The van der Waals surface area contributed by atoms with Crippen molar-refractivity contribution in [2.75, 3.05) is 0 Å². The van der Waals surface area contributed by atoms with Gasteiger partial charge in [-0.05, 0) is 64.9 Å². The molecule has 0 atom stereocenters. The normalized spacial score (nSPS) is 10.6. The Labute approximate surface area is 176 Å². The minimum absolute atomic E-state index is 0.284. The Bertz CT molecular complexity index is 1210. The number of benzene rings is 4. The molecule has 0 saturated carbocycles. The molecule has 0 spiro atoms. The summed E-state index contributed by atoms with van der Waals surface area (Å²) in [5.74, 6) is 5.65. The SMILES string of the molecule is CCCc1ccc(-c2ccc3c(F)c(C#Cc4ccc(Cl)cc4)ccc3c2)cc1. The van der Waals surface area contributed by atoms with Gasteiger partial charge >= 0.3 is 0 Å². The van der Waals surface area contributed by atoms with E-state index in [1.165, 1.54) is 5.56 Å². The fraction of sp³-hybridized carbons (Fsp3) is 0.111. The summed E-state index contributed by atoms with van der Waals surface area (Å²) in [5, 5.41) is 2.11. The maximum atomic E-state index is 15.0. The molecule has 0 fully saturated rings. The first kappa shape index (κ1) is 19.2. The van der Waals surface area contributed by atoms with Gasteiger partial charge in [-0.15, -0.1) is 0 Å². The Hall–Kier alpha value is -3.08. The smallest absolute Gasteiger partial charge is 0.146 e. The second-order valence-electron chi connectivity index (χ2n) is 7.07. The van der Waals surface area contributed by atoms with Crippen molar-refractivity contribution in [2.45, 2.75) is 19.8 Å². The fourth-order valence-corrected chi connectivity index (χ4v) is 3.52. The molecule has 0 radical (unpaired) electrons. The maximum absolute atomic E-state index is 15.0. The first-order chi connectivity index (χ1) is 14.1. The fourth-order valence-electron chi connectivity index (χ4n) is 3.39. The van der Waals surface area contributed by atoms with Crippen molar-refractivity contribution in [3.05, 3.63) is 106 Å². The third-order valence-electron chi connectivity index (χ3n) is 4.97. The van der Waals surface area contributed by atoms with Gasteiger partial charge in [0.25, 0.3) is 0 Å². The predicted octanol–water partition coefficient (Wildman–Crippen LogP) is 7.65. The van der Waals surface area contributed by atoms with Crippen LogP contribution >= 0.6 is 11.6 Å². The highest BCUT2D eigenvalue weighted by molar-refractivity contribution is 6.30. The molecule has 0 unspecified atom stereocenters. The molecule has 142 valence electrons. The van der Waals surface area contributed by atoms with Crippen LogP contribution < -0.4 is 0 Å². The summed E-state index contributed by atoms with van der Waals surface area (Å²) in [5.41, 5.74) is 4.76. The van der Waals surface area contributed by atoms with Crippen molar-refractivity contribution in [1.82, 2.24) is 0 Å². The number of hydrogen-bond acceptors (Lipinski definition) is 0. The van der Waals surface area contributed by atoms with E-state index < -0.39 is 0 Å². The second-order valence-corrected chi connectivity index (χ2v) is 7.50. The zero-order valence-electron chi connectivity index (χ0n) is 16.2. The van der Waals surface area contributed by atoms with Crippen LogP contribution in [0.15, 0.2) is 78.9 Å². The Balaban J connectivity index is 1.66. The van der Waals surface area contributed by atoms with Crippen LogP contribution in [0, 0.1) is 17.7 Å². The molecular weight excluding hydrogens is 379 g/mol. The molecule has 2 heteroatoms. The van der Waals surface area contributed by atoms with Crippen LogP contribution in [0.4, 0.5) is 4.39 Å². The summed E-state index contributed by atoms with van der Waals surface area (Å²) >= 11 is 5.89. The van der Waals surface area contributed by atoms with Gasteiger partial charge in [-0.2, -0.15) is 0 Å². The average molecular weight is 399 g/mol. The lowest BCUT2D eigenvalue weighted by atomic mass is 9.98. The molecule has 0 amide bonds. The Morgan fingerprint density at radius 1 is 0.793 bits per heavy atom. The molecule has 0 bridgehead atoms. The highest BCUT2D eigenvalue weighted by Crippen LogP contribution is 2.27. The third-order valence-corrected chi connectivity index (χ3v) is 5.22. The molecule has 0 heterocycles. The van der Waals surface area contributed by atoms with Crippen LogP contribution in [-0.4, -0.2) is 0 Å². The largest absolute Gasteiger partial charge is 0.205 e. The van der Waals surface area contributed by atoms with Gasteiger partial charge in [-0.25, -0.2) is 4.39 Å². The Morgan fingerprint density at radius 3 is 2.24 bits per heavy atom.